The van der Waals surface area contributed by atoms with Gasteiger partial charge in [-0.1, -0.05) is 0 Å². The normalized spacial score (nSPS) is 17.5. The van der Waals surface area contributed by atoms with Crippen LogP contribution in [0.15, 0.2) is 24.4 Å². The third-order valence-corrected chi connectivity index (χ3v) is 6.49. The quantitative estimate of drug-likeness (QED) is 0.518. The lowest BCUT2D eigenvalue weighted by molar-refractivity contribution is -0.137. The summed E-state index contributed by atoms with van der Waals surface area (Å²) < 4.78 is 64.8. The second-order valence-electron chi connectivity index (χ2n) is 7.49. The number of rotatable bonds is 6. The molecule has 1 atom stereocenters. The molecule has 166 valence electrons. The minimum Gasteiger partial charge on any atom is -0.353 e. The highest BCUT2D eigenvalue weighted by atomic mass is 32.2. The number of hydrogen-bond donors (Lipinski definition) is 4. The summed E-state index contributed by atoms with van der Waals surface area (Å²) in [6.07, 6.45) is -3.01. The number of carbonyl (C=O) groups is 1. The number of nitrogens with one attached hydrogen (secondary N) is 4. The van der Waals surface area contributed by atoms with Crippen molar-refractivity contribution in [1.29, 1.82) is 0 Å². The molecule has 2 aliphatic rings. The van der Waals surface area contributed by atoms with E-state index in [1.807, 2.05) is 0 Å². The van der Waals surface area contributed by atoms with E-state index in [9.17, 15) is 26.4 Å². The molecule has 1 aromatic carbocycles. The van der Waals surface area contributed by atoms with Crippen molar-refractivity contribution in [2.24, 2.45) is 5.92 Å². The van der Waals surface area contributed by atoms with E-state index in [1.165, 1.54) is 0 Å². The molecule has 1 amide bonds. The molecule has 4 rings (SSSR count). The Morgan fingerprint density at radius 3 is 2.61 bits per heavy atom. The molecule has 1 fully saturated rings. The lowest BCUT2D eigenvalue weighted by Crippen LogP contribution is -2.53. The fraction of sp³-hybridized carbons (Fsp3) is 0.389. The van der Waals surface area contributed by atoms with Gasteiger partial charge in [0.25, 0.3) is 0 Å². The van der Waals surface area contributed by atoms with Gasteiger partial charge in [0, 0.05) is 42.8 Å². The second-order valence-corrected chi connectivity index (χ2v) is 9.66. The summed E-state index contributed by atoms with van der Waals surface area (Å²) in [7, 11) is -3.71. The number of anilines is 4. The zero-order valence-corrected chi connectivity index (χ0v) is 17.1. The first-order valence-corrected chi connectivity index (χ1v) is 11.3. The zero-order valence-electron chi connectivity index (χ0n) is 16.2. The number of carbonyl (C=O) groups excluding carboxylic acids is 1. The van der Waals surface area contributed by atoms with E-state index in [1.54, 1.807) is 18.2 Å². The molecule has 3 heterocycles. The van der Waals surface area contributed by atoms with Gasteiger partial charge in [0.2, 0.25) is 11.9 Å². The lowest BCUT2D eigenvalue weighted by atomic mass is 10.0. The van der Waals surface area contributed by atoms with Crippen molar-refractivity contribution in [3.63, 3.8) is 0 Å². The Bertz CT molecular complexity index is 1130. The van der Waals surface area contributed by atoms with E-state index in [-0.39, 0.29) is 24.2 Å². The maximum atomic E-state index is 13.5. The summed E-state index contributed by atoms with van der Waals surface area (Å²) in [5.41, 5.74) is 0.706. The van der Waals surface area contributed by atoms with Gasteiger partial charge in [0.1, 0.15) is 16.8 Å². The third kappa shape index (κ3) is 4.56. The lowest BCUT2D eigenvalue weighted by Gasteiger charge is -2.34. The molecule has 0 radical (unpaired) electrons. The van der Waals surface area contributed by atoms with Gasteiger partial charge in [-0.05, 0) is 23.8 Å². The van der Waals surface area contributed by atoms with Gasteiger partial charge in [-0.15, -0.1) is 0 Å². The van der Waals surface area contributed by atoms with Crippen molar-refractivity contribution >= 4 is 38.9 Å². The molecule has 1 aromatic heterocycles. The maximum Gasteiger partial charge on any atom is 0.421 e. The Morgan fingerprint density at radius 1 is 1.26 bits per heavy atom. The molecular weight excluding hydrogens is 437 g/mol. The third-order valence-electron chi connectivity index (χ3n) is 5.06. The van der Waals surface area contributed by atoms with Crippen molar-refractivity contribution < 1.29 is 26.4 Å². The molecule has 1 saturated heterocycles. The number of aromatic nitrogens is 2. The largest absolute Gasteiger partial charge is 0.421 e. The molecule has 31 heavy (non-hydrogen) atoms. The van der Waals surface area contributed by atoms with Crippen LogP contribution in [-0.2, 0) is 27.2 Å². The summed E-state index contributed by atoms with van der Waals surface area (Å²) >= 11 is 0. The first kappa shape index (κ1) is 21.3. The SMILES string of the molecule is CS(=O)(=O)C(Nc1nc(Nc2ccc3c(c2)CC(=O)N3)ncc1C(F)(F)F)C1CNC1. The average molecular weight is 456 g/mol. The summed E-state index contributed by atoms with van der Waals surface area (Å²) in [5, 5.41) is 9.65. The van der Waals surface area contributed by atoms with Crippen LogP contribution in [0.4, 0.5) is 36.3 Å². The Morgan fingerprint density at radius 2 is 2.00 bits per heavy atom. The Balaban J connectivity index is 1.65. The molecule has 0 saturated carbocycles. The van der Waals surface area contributed by atoms with Crippen molar-refractivity contribution in [1.82, 2.24) is 15.3 Å². The average Bonchev–Trinajstić information content (AvgIpc) is 2.97. The highest BCUT2D eigenvalue weighted by molar-refractivity contribution is 7.91. The topological polar surface area (TPSA) is 125 Å². The fourth-order valence-electron chi connectivity index (χ4n) is 3.43. The van der Waals surface area contributed by atoms with Crippen LogP contribution in [0.25, 0.3) is 0 Å². The van der Waals surface area contributed by atoms with E-state index < -0.39 is 32.8 Å². The number of benzene rings is 1. The number of amides is 1. The summed E-state index contributed by atoms with van der Waals surface area (Å²) in [6.45, 7) is 0.730. The van der Waals surface area contributed by atoms with E-state index >= 15 is 0 Å². The van der Waals surface area contributed by atoms with E-state index in [4.69, 9.17) is 0 Å². The minimum atomic E-state index is -4.78. The van der Waals surface area contributed by atoms with Crippen molar-refractivity contribution in [2.45, 2.75) is 18.0 Å². The summed E-state index contributed by atoms with van der Waals surface area (Å²) in [6, 6.07) is 4.95. The number of hydrogen-bond acceptors (Lipinski definition) is 8. The molecule has 0 aliphatic carbocycles. The van der Waals surface area contributed by atoms with Crippen LogP contribution in [-0.4, -0.2) is 49.0 Å². The van der Waals surface area contributed by atoms with Crippen LogP contribution >= 0.6 is 0 Å². The van der Waals surface area contributed by atoms with Gasteiger partial charge in [0.15, 0.2) is 9.84 Å². The number of halogens is 3. The molecule has 13 heteroatoms. The van der Waals surface area contributed by atoms with Crippen LogP contribution < -0.4 is 21.3 Å². The van der Waals surface area contributed by atoms with Crippen LogP contribution in [0.3, 0.4) is 0 Å². The molecule has 0 bridgehead atoms. The van der Waals surface area contributed by atoms with Gasteiger partial charge >= 0.3 is 6.18 Å². The molecule has 9 nitrogen and oxygen atoms in total. The number of alkyl halides is 3. The van der Waals surface area contributed by atoms with Crippen LogP contribution in [0.2, 0.25) is 0 Å². The molecule has 4 N–H and O–H groups in total. The Kier molecular flexibility index (Phi) is 5.25. The fourth-order valence-corrected chi connectivity index (χ4v) is 4.65. The van der Waals surface area contributed by atoms with Gasteiger partial charge in [-0.3, -0.25) is 4.79 Å². The van der Waals surface area contributed by atoms with Crippen LogP contribution in [0.5, 0.6) is 0 Å². The van der Waals surface area contributed by atoms with E-state index in [0.717, 1.165) is 11.8 Å². The molecular formula is C18H19F3N6O3S. The second kappa shape index (κ2) is 7.64. The van der Waals surface area contributed by atoms with Crippen LogP contribution in [0, 0.1) is 5.92 Å². The zero-order chi connectivity index (χ0) is 22.4. The van der Waals surface area contributed by atoms with E-state index in [0.29, 0.717) is 30.7 Å². The molecule has 2 aliphatic heterocycles. The maximum absolute atomic E-state index is 13.5. The predicted octanol–water partition coefficient (Wildman–Crippen LogP) is 1.74. The smallest absolute Gasteiger partial charge is 0.353 e. The van der Waals surface area contributed by atoms with Crippen LogP contribution in [0.1, 0.15) is 11.1 Å². The molecule has 0 spiro atoms. The monoisotopic (exact) mass is 456 g/mol. The Hall–Kier alpha value is -2.93. The standard InChI is InChI=1S/C18H19F3N6O3S/c1-31(29,30)16(10-6-22-7-10)26-15-12(18(19,20)21)8-23-17(27-15)24-11-2-3-13-9(4-11)5-14(28)25-13/h2-4,8,10,16,22H,5-7H2,1H3,(H,25,28)(H2,23,24,26,27). The first-order valence-electron chi connectivity index (χ1n) is 9.31. The van der Waals surface area contributed by atoms with Gasteiger partial charge < -0.3 is 21.3 Å². The number of nitrogens with zero attached hydrogens (tertiary/aromatic N) is 2. The first-order chi connectivity index (χ1) is 14.5. The highest BCUT2D eigenvalue weighted by Crippen LogP contribution is 2.35. The van der Waals surface area contributed by atoms with Crippen molar-refractivity contribution in [3.8, 4) is 0 Å². The van der Waals surface area contributed by atoms with Crippen molar-refractivity contribution in [3.05, 3.63) is 35.5 Å². The minimum absolute atomic E-state index is 0.147. The van der Waals surface area contributed by atoms with E-state index in [2.05, 4.69) is 31.2 Å². The highest BCUT2D eigenvalue weighted by Gasteiger charge is 2.39. The summed E-state index contributed by atoms with van der Waals surface area (Å²) in [4.78, 5) is 19.1. The number of fused-ring (bicyclic) bond motifs is 1. The summed E-state index contributed by atoms with van der Waals surface area (Å²) in [5.74, 6) is -1.30. The van der Waals surface area contributed by atoms with Gasteiger partial charge in [0.05, 0.1) is 6.42 Å². The van der Waals surface area contributed by atoms with Gasteiger partial charge in [-0.2, -0.15) is 18.2 Å². The van der Waals surface area contributed by atoms with Crippen molar-refractivity contribution in [2.75, 3.05) is 35.3 Å². The predicted molar refractivity (Wildman–Crippen MR) is 108 cm³/mol. The number of sulfone groups is 1. The Labute approximate surface area is 175 Å². The molecule has 1 unspecified atom stereocenters. The van der Waals surface area contributed by atoms with Gasteiger partial charge in [-0.25, -0.2) is 13.4 Å². The molecule has 2 aromatic rings.